The number of aryl methyl sites for hydroxylation is 1. The highest BCUT2D eigenvalue weighted by atomic mass is 16.3. The van der Waals surface area contributed by atoms with Crippen LogP contribution in [0.1, 0.15) is 40.9 Å². The maximum absolute atomic E-state index is 12.8. The minimum atomic E-state index is -0.505. The molecule has 2 aromatic rings. The summed E-state index contributed by atoms with van der Waals surface area (Å²) in [6.07, 6.45) is 0.0596. The SMILES string of the molecule is Cc1ccc2c(c1)C(O)CC(C)N2C(=O)c1ccccc1. The third kappa shape index (κ3) is 2.45. The molecule has 1 N–H and O–H groups in total. The third-order valence-corrected chi connectivity index (χ3v) is 4.05. The van der Waals surface area contributed by atoms with Crippen molar-refractivity contribution >= 4 is 11.6 Å². The molecule has 2 atom stereocenters. The van der Waals surface area contributed by atoms with Crippen molar-refractivity contribution in [1.82, 2.24) is 0 Å². The third-order valence-electron chi connectivity index (χ3n) is 4.05. The molecular weight excluding hydrogens is 262 g/mol. The number of rotatable bonds is 1. The maximum atomic E-state index is 12.8. The van der Waals surface area contributed by atoms with E-state index < -0.39 is 6.10 Å². The van der Waals surface area contributed by atoms with Gasteiger partial charge in [-0.15, -0.1) is 0 Å². The zero-order valence-electron chi connectivity index (χ0n) is 12.3. The molecule has 0 fully saturated rings. The molecule has 1 heterocycles. The lowest BCUT2D eigenvalue weighted by Gasteiger charge is -2.38. The Morgan fingerprint density at radius 1 is 1.19 bits per heavy atom. The Kier molecular flexibility index (Phi) is 3.52. The number of anilines is 1. The predicted molar refractivity (Wildman–Crippen MR) is 83.5 cm³/mol. The summed E-state index contributed by atoms with van der Waals surface area (Å²) >= 11 is 0. The van der Waals surface area contributed by atoms with Crippen molar-refractivity contribution in [3.05, 3.63) is 65.2 Å². The van der Waals surface area contributed by atoms with Crippen LogP contribution in [0.2, 0.25) is 0 Å². The standard InChI is InChI=1S/C18H19NO2/c1-12-8-9-16-15(10-12)17(20)11-13(2)19(16)18(21)14-6-4-3-5-7-14/h3-10,13,17,20H,11H2,1-2H3. The van der Waals surface area contributed by atoms with E-state index in [1.165, 1.54) is 0 Å². The van der Waals surface area contributed by atoms with Gasteiger partial charge in [-0.2, -0.15) is 0 Å². The molecule has 0 saturated carbocycles. The van der Waals surface area contributed by atoms with Gasteiger partial charge in [0, 0.05) is 17.2 Å². The Balaban J connectivity index is 2.07. The van der Waals surface area contributed by atoms with E-state index in [9.17, 15) is 9.90 Å². The maximum Gasteiger partial charge on any atom is 0.258 e. The van der Waals surface area contributed by atoms with Gasteiger partial charge in [0.2, 0.25) is 0 Å². The fourth-order valence-corrected chi connectivity index (χ4v) is 2.98. The zero-order valence-corrected chi connectivity index (χ0v) is 12.3. The van der Waals surface area contributed by atoms with E-state index in [0.717, 1.165) is 16.8 Å². The summed E-state index contributed by atoms with van der Waals surface area (Å²) in [6.45, 7) is 3.97. The van der Waals surface area contributed by atoms with Crippen molar-refractivity contribution in [3.63, 3.8) is 0 Å². The first-order valence-electron chi connectivity index (χ1n) is 7.25. The first-order chi connectivity index (χ1) is 10.1. The van der Waals surface area contributed by atoms with Gasteiger partial charge >= 0.3 is 0 Å². The highest BCUT2D eigenvalue weighted by Gasteiger charge is 2.33. The normalized spacial score (nSPS) is 21.0. The van der Waals surface area contributed by atoms with Crippen LogP contribution in [0, 0.1) is 6.92 Å². The average molecular weight is 281 g/mol. The van der Waals surface area contributed by atoms with Gasteiger partial charge in [0.25, 0.3) is 5.91 Å². The van der Waals surface area contributed by atoms with E-state index in [1.807, 2.05) is 62.4 Å². The van der Waals surface area contributed by atoms with Crippen LogP contribution in [0.25, 0.3) is 0 Å². The molecule has 108 valence electrons. The predicted octanol–water partition coefficient (Wildman–Crippen LogP) is 3.47. The van der Waals surface area contributed by atoms with E-state index >= 15 is 0 Å². The average Bonchev–Trinajstić information content (AvgIpc) is 2.48. The second-order valence-electron chi connectivity index (χ2n) is 5.70. The number of hydrogen-bond acceptors (Lipinski definition) is 2. The first kappa shape index (κ1) is 13.8. The lowest BCUT2D eigenvalue weighted by atomic mass is 9.92. The van der Waals surface area contributed by atoms with Crippen molar-refractivity contribution in [1.29, 1.82) is 0 Å². The Labute approximate surface area is 124 Å². The lowest BCUT2D eigenvalue weighted by Crippen LogP contribution is -2.43. The summed E-state index contributed by atoms with van der Waals surface area (Å²) in [5.74, 6) is -0.0138. The number of fused-ring (bicyclic) bond motifs is 1. The Morgan fingerprint density at radius 3 is 2.62 bits per heavy atom. The number of benzene rings is 2. The number of hydrogen-bond donors (Lipinski definition) is 1. The molecular formula is C18H19NO2. The quantitative estimate of drug-likeness (QED) is 0.869. The number of carbonyl (C=O) groups is 1. The van der Waals surface area contributed by atoms with Gasteiger partial charge in [-0.25, -0.2) is 0 Å². The fraction of sp³-hybridized carbons (Fsp3) is 0.278. The van der Waals surface area contributed by atoms with Crippen LogP contribution in [0.4, 0.5) is 5.69 Å². The molecule has 1 aliphatic heterocycles. The Hall–Kier alpha value is -2.13. The molecule has 3 heteroatoms. The fourth-order valence-electron chi connectivity index (χ4n) is 2.98. The molecule has 0 saturated heterocycles. The van der Waals surface area contributed by atoms with Crippen molar-refractivity contribution in [2.45, 2.75) is 32.4 Å². The molecule has 0 bridgehead atoms. The number of amides is 1. The van der Waals surface area contributed by atoms with Gasteiger partial charge in [0.1, 0.15) is 0 Å². The number of aliphatic hydroxyl groups excluding tert-OH is 1. The topological polar surface area (TPSA) is 40.5 Å². The summed E-state index contributed by atoms with van der Waals surface area (Å²) in [5.41, 5.74) is 3.43. The molecule has 3 rings (SSSR count). The van der Waals surface area contributed by atoms with Gasteiger partial charge in [-0.1, -0.05) is 35.9 Å². The van der Waals surface area contributed by atoms with Crippen LogP contribution < -0.4 is 4.90 Å². The van der Waals surface area contributed by atoms with Crippen molar-refractivity contribution < 1.29 is 9.90 Å². The highest BCUT2D eigenvalue weighted by molar-refractivity contribution is 6.07. The molecule has 0 aliphatic carbocycles. The van der Waals surface area contributed by atoms with Crippen molar-refractivity contribution in [2.24, 2.45) is 0 Å². The summed E-state index contributed by atoms with van der Waals surface area (Å²) < 4.78 is 0. The summed E-state index contributed by atoms with van der Waals surface area (Å²) in [6, 6.07) is 15.2. The largest absolute Gasteiger partial charge is 0.388 e. The minimum Gasteiger partial charge on any atom is -0.388 e. The van der Waals surface area contributed by atoms with Gasteiger partial charge in [-0.3, -0.25) is 4.79 Å². The molecule has 3 nitrogen and oxygen atoms in total. The molecule has 0 spiro atoms. The van der Waals surface area contributed by atoms with Crippen LogP contribution in [-0.2, 0) is 0 Å². The first-order valence-corrected chi connectivity index (χ1v) is 7.25. The van der Waals surface area contributed by atoms with Gasteiger partial charge in [0.15, 0.2) is 0 Å². The van der Waals surface area contributed by atoms with Gasteiger partial charge < -0.3 is 10.0 Å². The van der Waals surface area contributed by atoms with Crippen LogP contribution in [0.5, 0.6) is 0 Å². The minimum absolute atomic E-state index is 0.0138. The summed E-state index contributed by atoms with van der Waals surface area (Å²) in [4.78, 5) is 14.6. The van der Waals surface area contributed by atoms with Crippen molar-refractivity contribution in [2.75, 3.05) is 4.90 Å². The van der Waals surface area contributed by atoms with E-state index in [1.54, 1.807) is 4.90 Å². The molecule has 1 aliphatic rings. The number of aliphatic hydroxyl groups is 1. The van der Waals surface area contributed by atoms with Crippen LogP contribution in [0.3, 0.4) is 0 Å². The van der Waals surface area contributed by atoms with Crippen LogP contribution >= 0.6 is 0 Å². The van der Waals surface area contributed by atoms with E-state index in [4.69, 9.17) is 0 Å². The lowest BCUT2D eigenvalue weighted by molar-refractivity contribution is 0.0949. The Morgan fingerprint density at radius 2 is 1.90 bits per heavy atom. The highest BCUT2D eigenvalue weighted by Crippen LogP contribution is 2.38. The van der Waals surface area contributed by atoms with E-state index in [-0.39, 0.29) is 11.9 Å². The summed E-state index contributed by atoms with van der Waals surface area (Å²) in [7, 11) is 0. The van der Waals surface area contributed by atoms with E-state index in [0.29, 0.717) is 12.0 Å². The molecule has 21 heavy (non-hydrogen) atoms. The molecule has 2 aromatic carbocycles. The van der Waals surface area contributed by atoms with Crippen molar-refractivity contribution in [3.8, 4) is 0 Å². The van der Waals surface area contributed by atoms with Crippen LogP contribution in [-0.4, -0.2) is 17.1 Å². The number of nitrogens with zero attached hydrogens (tertiary/aromatic N) is 1. The van der Waals surface area contributed by atoms with E-state index in [2.05, 4.69) is 0 Å². The van der Waals surface area contributed by atoms with Gasteiger partial charge in [0.05, 0.1) is 11.8 Å². The molecule has 2 unspecified atom stereocenters. The van der Waals surface area contributed by atoms with Gasteiger partial charge in [-0.05, 0) is 38.5 Å². The molecule has 0 aromatic heterocycles. The zero-order chi connectivity index (χ0) is 15.0. The number of carbonyl (C=O) groups excluding carboxylic acids is 1. The second-order valence-corrected chi connectivity index (χ2v) is 5.70. The monoisotopic (exact) mass is 281 g/mol. The smallest absolute Gasteiger partial charge is 0.258 e. The molecule has 0 radical (unpaired) electrons. The second kappa shape index (κ2) is 5.34. The Bertz CT molecular complexity index is 666. The summed E-state index contributed by atoms with van der Waals surface area (Å²) in [5, 5.41) is 10.3. The molecule has 1 amide bonds. The van der Waals surface area contributed by atoms with Crippen LogP contribution in [0.15, 0.2) is 48.5 Å².